The quantitative estimate of drug-likeness (QED) is 0.781. The molecule has 0 fully saturated rings. The lowest BCUT2D eigenvalue weighted by Gasteiger charge is -2.08. The van der Waals surface area contributed by atoms with Gasteiger partial charge in [0.1, 0.15) is 11.3 Å². The molecule has 0 amide bonds. The second-order valence-electron chi connectivity index (χ2n) is 2.81. The SMILES string of the molecule is Cc1c(I)cc(C(=O)O)c(O)c1C. The molecule has 0 saturated heterocycles. The fourth-order valence-corrected chi connectivity index (χ4v) is 1.74. The number of benzene rings is 1. The van der Waals surface area contributed by atoms with Gasteiger partial charge in [0.15, 0.2) is 0 Å². The van der Waals surface area contributed by atoms with Gasteiger partial charge in [0, 0.05) is 3.57 Å². The average Bonchev–Trinajstić information content (AvgIpc) is 2.07. The summed E-state index contributed by atoms with van der Waals surface area (Å²) in [6.45, 7) is 3.56. The highest BCUT2D eigenvalue weighted by Gasteiger charge is 2.15. The van der Waals surface area contributed by atoms with Crippen LogP contribution < -0.4 is 0 Å². The lowest BCUT2D eigenvalue weighted by molar-refractivity contribution is 0.0693. The Morgan fingerprint density at radius 1 is 1.38 bits per heavy atom. The number of aromatic carboxylic acids is 1. The molecule has 70 valence electrons. The maximum Gasteiger partial charge on any atom is 0.339 e. The first-order valence-electron chi connectivity index (χ1n) is 3.67. The summed E-state index contributed by atoms with van der Waals surface area (Å²) in [5.41, 5.74) is 1.51. The summed E-state index contributed by atoms with van der Waals surface area (Å²) in [7, 11) is 0. The molecule has 2 N–H and O–H groups in total. The number of carboxylic acids is 1. The van der Waals surface area contributed by atoms with Crippen molar-refractivity contribution < 1.29 is 15.0 Å². The van der Waals surface area contributed by atoms with Crippen LogP contribution in [-0.4, -0.2) is 16.2 Å². The minimum Gasteiger partial charge on any atom is -0.507 e. The smallest absolute Gasteiger partial charge is 0.339 e. The second kappa shape index (κ2) is 3.53. The van der Waals surface area contributed by atoms with Crippen LogP contribution in [0.15, 0.2) is 6.07 Å². The Morgan fingerprint density at radius 3 is 2.38 bits per heavy atom. The van der Waals surface area contributed by atoms with Crippen LogP contribution in [0.3, 0.4) is 0 Å². The van der Waals surface area contributed by atoms with Crippen LogP contribution in [0.25, 0.3) is 0 Å². The van der Waals surface area contributed by atoms with Crippen LogP contribution >= 0.6 is 22.6 Å². The molecule has 0 aliphatic rings. The van der Waals surface area contributed by atoms with Crippen molar-refractivity contribution in [2.45, 2.75) is 13.8 Å². The molecule has 1 aromatic carbocycles. The third-order valence-electron chi connectivity index (χ3n) is 2.03. The summed E-state index contributed by atoms with van der Waals surface area (Å²) in [5, 5.41) is 18.2. The maximum absolute atomic E-state index is 10.7. The van der Waals surface area contributed by atoms with Crippen LogP contribution in [0.1, 0.15) is 21.5 Å². The molecule has 0 aliphatic heterocycles. The van der Waals surface area contributed by atoms with Crippen molar-refractivity contribution in [3.05, 3.63) is 26.3 Å². The number of rotatable bonds is 1. The zero-order valence-electron chi connectivity index (χ0n) is 7.26. The number of carboxylic acid groups (broad SMARTS) is 1. The molecule has 1 aromatic rings. The minimum atomic E-state index is -1.10. The number of halogens is 1. The van der Waals surface area contributed by atoms with Crippen LogP contribution in [-0.2, 0) is 0 Å². The normalized spacial score (nSPS) is 10.1. The number of hydrogen-bond acceptors (Lipinski definition) is 2. The van der Waals surface area contributed by atoms with Gasteiger partial charge >= 0.3 is 5.97 Å². The molecule has 0 bridgehead atoms. The van der Waals surface area contributed by atoms with E-state index in [-0.39, 0.29) is 11.3 Å². The molecule has 0 radical (unpaired) electrons. The van der Waals surface area contributed by atoms with Crippen LogP contribution in [0.5, 0.6) is 5.75 Å². The van der Waals surface area contributed by atoms with Crippen molar-refractivity contribution >= 4 is 28.6 Å². The Hall–Kier alpha value is -0.780. The van der Waals surface area contributed by atoms with E-state index < -0.39 is 5.97 Å². The number of aromatic hydroxyl groups is 1. The number of phenols is 1. The molecule has 1 rings (SSSR count). The highest BCUT2D eigenvalue weighted by molar-refractivity contribution is 14.1. The Morgan fingerprint density at radius 2 is 1.92 bits per heavy atom. The predicted octanol–water partition coefficient (Wildman–Crippen LogP) is 2.31. The average molecular weight is 292 g/mol. The lowest BCUT2D eigenvalue weighted by atomic mass is 10.0. The summed E-state index contributed by atoms with van der Waals surface area (Å²) in [4.78, 5) is 10.7. The summed E-state index contributed by atoms with van der Waals surface area (Å²) in [5.74, 6) is -1.23. The maximum atomic E-state index is 10.7. The first kappa shape index (κ1) is 10.3. The van der Waals surface area contributed by atoms with Crippen molar-refractivity contribution in [2.75, 3.05) is 0 Å². The van der Waals surface area contributed by atoms with E-state index in [0.29, 0.717) is 5.56 Å². The molecule has 4 heteroatoms. The highest BCUT2D eigenvalue weighted by Crippen LogP contribution is 2.28. The summed E-state index contributed by atoms with van der Waals surface area (Å²) >= 11 is 2.05. The van der Waals surface area contributed by atoms with E-state index >= 15 is 0 Å². The van der Waals surface area contributed by atoms with E-state index in [2.05, 4.69) is 22.6 Å². The summed E-state index contributed by atoms with van der Waals surface area (Å²) in [6.07, 6.45) is 0. The monoisotopic (exact) mass is 292 g/mol. The fourth-order valence-electron chi connectivity index (χ4n) is 1.03. The van der Waals surface area contributed by atoms with Gasteiger partial charge in [-0.05, 0) is 53.6 Å². The topological polar surface area (TPSA) is 57.5 Å². The molecule has 0 unspecified atom stereocenters. The van der Waals surface area contributed by atoms with Gasteiger partial charge in [0.2, 0.25) is 0 Å². The first-order valence-corrected chi connectivity index (χ1v) is 4.75. The van der Waals surface area contributed by atoms with Crippen molar-refractivity contribution in [2.24, 2.45) is 0 Å². The third kappa shape index (κ3) is 1.77. The summed E-state index contributed by atoms with van der Waals surface area (Å²) < 4.78 is 0.852. The molecule has 13 heavy (non-hydrogen) atoms. The van der Waals surface area contributed by atoms with Crippen LogP contribution in [0, 0.1) is 17.4 Å². The van der Waals surface area contributed by atoms with Crippen molar-refractivity contribution in [1.29, 1.82) is 0 Å². The number of carbonyl (C=O) groups is 1. The van der Waals surface area contributed by atoms with Crippen molar-refractivity contribution in [3.63, 3.8) is 0 Å². The lowest BCUT2D eigenvalue weighted by Crippen LogP contribution is -2.00. The molecular formula is C9H9IO3. The van der Waals surface area contributed by atoms with E-state index in [9.17, 15) is 9.90 Å². The Balaban J connectivity index is 3.50. The van der Waals surface area contributed by atoms with Gasteiger partial charge in [-0.25, -0.2) is 4.79 Å². The van der Waals surface area contributed by atoms with Gasteiger partial charge in [-0.15, -0.1) is 0 Å². The molecule has 3 nitrogen and oxygen atoms in total. The van der Waals surface area contributed by atoms with E-state index in [1.807, 2.05) is 6.92 Å². The number of hydrogen-bond donors (Lipinski definition) is 2. The molecule has 0 aliphatic carbocycles. The highest BCUT2D eigenvalue weighted by atomic mass is 127. The van der Waals surface area contributed by atoms with Gasteiger partial charge in [-0.2, -0.15) is 0 Å². The zero-order chi connectivity index (χ0) is 10.2. The predicted molar refractivity (Wildman–Crippen MR) is 57.3 cm³/mol. The van der Waals surface area contributed by atoms with Gasteiger partial charge in [0.25, 0.3) is 0 Å². The zero-order valence-corrected chi connectivity index (χ0v) is 9.42. The van der Waals surface area contributed by atoms with E-state index in [1.165, 1.54) is 6.07 Å². The molecule has 0 atom stereocenters. The van der Waals surface area contributed by atoms with E-state index in [4.69, 9.17) is 5.11 Å². The molecule has 0 aromatic heterocycles. The fraction of sp³-hybridized carbons (Fsp3) is 0.222. The second-order valence-corrected chi connectivity index (χ2v) is 3.97. The Bertz CT molecular complexity index is 372. The largest absolute Gasteiger partial charge is 0.507 e. The Labute approximate surface area is 89.5 Å². The first-order chi connectivity index (χ1) is 5.95. The molecule has 0 spiro atoms. The van der Waals surface area contributed by atoms with Crippen molar-refractivity contribution in [1.82, 2.24) is 0 Å². The third-order valence-corrected chi connectivity index (χ3v) is 3.15. The standard InChI is InChI=1S/C9H9IO3/c1-4-5(2)8(11)6(9(12)13)3-7(4)10/h3,11H,1-2H3,(H,12,13). The van der Waals surface area contributed by atoms with Gasteiger partial charge < -0.3 is 10.2 Å². The summed E-state index contributed by atoms with van der Waals surface area (Å²) in [6, 6.07) is 1.47. The van der Waals surface area contributed by atoms with Gasteiger partial charge in [-0.1, -0.05) is 0 Å². The van der Waals surface area contributed by atoms with Gasteiger partial charge in [-0.3, -0.25) is 0 Å². The van der Waals surface area contributed by atoms with E-state index in [1.54, 1.807) is 6.92 Å². The molecular weight excluding hydrogens is 283 g/mol. The Kier molecular flexibility index (Phi) is 2.80. The van der Waals surface area contributed by atoms with E-state index in [0.717, 1.165) is 9.13 Å². The minimum absolute atomic E-state index is 0.0347. The van der Waals surface area contributed by atoms with Gasteiger partial charge in [0.05, 0.1) is 0 Å². The molecule has 0 saturated carbocycles. The molecule has 0 heterocycles. The van der Waals surface area contributed by atoms with Crippen LogP contribution in [0.4, 0.5) is 0 Å². The van der Waals surface area contributed by atoms with Crippen molar-refractivity contribution in [3.8, 4) is 5.75 Å². The van der Waals surface area contributed by atoms with Crippen LogP contribution in [0.2, 0.25) is 0 Å².